The van der Waals surface area contributed by atoms with E-state index in [0.29, 0.717) is 24.9 Å². The average molecular weight is 379 g/mol. The molecule has 0 radical (unpaired) electrons. The highest BCUT2D eigenvalue weighted by atomic mass is 35.5. The van der Waals surface area contributed by atoms with Crippen molar-refractivity contribution in [2.75, 3.05) is 12.3 Å². The van der Waals surface area contributed by atoms with E-state index in [-0.39, 0.29) is 18.4 Å². The summed E-state index contributed by atoms with van der Waals surface area (Å²) in [5, 5.41) is 0. The zero-order valence-corrected chi connectivity index (χ0v) is 16.0. The molecule has 2 aromatic rings. The van der Waals surface area contributed by atoms with Crippen molar-refractivity contribution in [1.82, 2.24) is 14.5 Å². The second-order valence-corrected chi connectivity index (χ2v) is 6.64. The molecule has 1 saturated carbocycles. The van der Waals surface area contributed by atoms with Crippen LogP contribution in [0.25, 0.3) is 0 Å². The Bertz CT molecular complexity index is 696. The smallest absolute Gasteiger partial charge is 0.315 e. The molecule has 0 aromatic carbocycles. The lowest BCUT2D eigenvalue weighted by Crippen LogP contribution is -2.19. The van der Waals surface area contributed by atoms with E-state index in [1.807, 2.05) is 25.5 Å². The van der Waals surface area contributed by atoms with E-state index in [1.165, 1.54) is 32.1 Å². The third-order valence-corrected chi connectivity index (χ3v) is 4.83. The molecule has 7 heteroatoms. The van der Waals surface area contributed by atoms with Crippen LogP contribution in [-0.4, -0.2) is 27.1 Å². The van der Waals surface area contributed by atoms with Crippen LogP contribution in [0.5, 0.6) is 0 Å². The summed E-state index contributed by atoms with van der Waals surface area (Å²) in [6.45, 7) is 2.18. The van der Waals surface area contributed by atoms with Crippen molar-refractivity contribution in [2.45, 2.75) is 57.4 Å². The average Bonchev–Trinajstić information content (AvgIpc) is 3.12. The minimum atomic E-state index is -0.421. The molecule has 3 rings (SSSR count). The number of carbonyl (C=O) groups excluding carboxylic acids is 1. The summed E-state index contributed by atoms with van der Waals surface area (Å²) >= 11 is 0. The summed E-state index contributed by atoms with van der Waals surface area (Å²) in [5.74, 6) is -0.193. The highest BCUT2D eigenvalue weighted by molar-refractivity contribution is 5.85. The van der Waals surface area contributed by atoms with E-state index in [4.69, 9.17) is 10.5 Å². The quantitative estimate of drug-likeness (QED) is 0.775. The second-order valence-electron chi connectivity index (χ2n) is 6.64. The third-order valence-electron chi connectivity index (χ3n) is 4.83. The van der Waals surface area contributed by atoms with Gasteiger partial charge in [-0.15, -0.1) is 12.4 Å². The molecular weight excluding hydrogens is 352 g/mol. The minimum Gasteiger partial charge on any atom is -0.465 e. The number of halogens is 1. The largest absolute Gasteiger partial charge is 0.465 e. The number of rotatable bonds is 6. The summed E-state index contributed by atoms with van der Waals surface area (Å²) in [6.07, 6.45) is 12.3. The second kappa shape index (κ2) is 9.57. The highest BCUT2D eigenvalue weighted by Gasteiger charge is 2.26. The molecule has 6 nitrogen and oxygen atoms in total. The van der Waals surface area contributed by atoms with Gasteiger partial charge in [0.05, 0.1) is 18.6 Å². The number of aromatic nitrogens is 3. The molecule has 0 amide bonds. The van der Waals surface area contributed by atoms with Crippen LogP contribution >= 0.6 is 12.4 Å². The number of hydrogen-bond acceptors (Lipinski definition) is 5. The van der Waals surface area contributed by atoms with Crippen molar-refractivity contribution in [3.8, 4) is 0 Å². The van der Waals surface area contributed by atoms with Crippen LogP contribution in [0.4, 0.5) is 5.82 Å². The molecule has 1 aliphatic rings. The molecule has 0 saturated heterocycles. The van der Waals surface area contributed by atoms with E-state index in [1.54, 1.807) is 12.3 Å². The maximum Gasteiger partial charge on any atom is 0.315 e. The Balaban J connectivity index is 0.00000243. The normalized spacial score (nSPS) is 15.9. The van der Waals surface area contributed by atoms with Crippen LogP contribution in [0.2, 0.25) is 0 Å². The van der Waals surface area contributed by atoms with Gasteiger partial charge in [-0.05, 0) is 37.8 Å². The molecule has 2 heterocycles. The first-order valence-corrected chi connectivity index (χ1v) is 9.07. The van der Waals surface area contributed by atoms with E-state index in [9.17, 15) is 4.79 Å². The van der Waals surface area contributed by atoms with Gasteiger partial charge in [-0.25, -0.2) is 9.97 Å². The van der Waals surface area contributed by atoms with Gasteiger partial charge in [0.25, 0.3) is 0 Å². The number of ether oxygens (including phenoxy) is 1. The molecule has 0 spiro atoms. The van der Waals surface area contributed by atoms with E-state index in [2.05, 4.69) is 14.5 Å². The van der Waals surface area contributed by atoms with E-state index < -0.39 is 5.92 Å². The van der Waals surface area contributed by atoms with Crippen LogP contribution in [0, 0.1) is 0 Å². The molecule has 2 aromatic heterocycles. The molecule has 26 heavy (non-hydrogen) atoms. The number of nitrogens with two attached hydrogens (primary N) is 1. The fraction of sp³-hybridized carbons (Fsp3) is 0.526. The fourth-order valence-electron chi connectivity index (χ4n) is 3.46. The Labute approximate surface area is 160 Å². The van der Waals surface area contributed by atoms with E-state index in [0.717, 1.165) is 11.3 Å². The Kier molecular flexibility index (Phi) is 7.45. The summed E-state index contributed by atoms with van der Waals surface area (Å²) in [7, 11) is 0. The molecule has 1 aliphatic carbocycles. The van der Waals surface area contributed by atoms with Gasteiger partial charge in [0, 0.05) is 18.4 Å². The predicted octanol–water partition coefficient (Wildman–Crippen LogP) is 3.68. The summed E-state index contributed by atoms with van der Waals surface area (Å²) in [6, 6.07) is 4.14. The van der Waals surface area contributed by atoms with Gasteiger partial charge in [-0.3, -0.25) is 4.79 Å². The van der Waals surface area contributed by atoms with E-state index >= 15 is 0 Å². The Morgan fingerprint density at radius 1 is 1.31 bits per heavy atom. The maximum absolute atomic E-state index is 12.5. The Morgan fingerprint density at radius 2 is 2.08 bits per heavy atom. The fourth-order valence-corrected chi connectivity index (χ4v) is 3.46. The lowest BCUT2D eigenvalue weighted by molar-refractivity contribution is -0.145. The third kappa shape index (κ3) is 4.97. The van der Waals surface area contributed by atoms with Gasteiger partial charge < -0.3 is 15.0 Å². The van der Waals surface area contributed by atoms with Crippen LogP contribution in [0.1, 0.15) is 62.2 Å². The number of nitrogen functional groups attached to an aromatic ring is 1. The molecule has 1 atom stereocenters. The van der Waals surface area contributed by atoms with Gasteiger partial charge in [-0.2, -0.15) is 0 Å². The van der Waals surface area contributed by atoms with Crippen molar-refractivity contribution in [3.05, 3.63) is 42.1 Å². The Hall–Kier alpha value is -2.08. The zero-order valence-electron chi connectivity index (χ0n) is 15.1. The number of esters is 1. The number of carbonyl (C=O) groups is 1. The van der Waals surface area contributed by atoms with Crippen LogP contribution < -0.4 is 5.73 Å². The molecule has 0 aliphatic heterocycles. The van der Waals surface area contributed by atoms with Gasteiger partial charge in [-0.1, -0.05) is 25.3 Å². The monoisotopic (exact) mass is 378 g/mol. The van der Waals surface area contributed by atoms with Gasteiger partial charge in [0.2, 0.25) is 0 Å². The van der Waals surface area contributed by atoms with Gasteiger partial charge >= 0.3 is 5.97 Å². The molecule has 1 fully saturated rings. The first kappa shape index (κ1) is 20.2. The standard InChI is InChI=1S/C19H26N4O2.ClH/c1-2-25-19(24)16(10-14-8-9-18(20)21-11-14)17-12-23(13-22-17)15-6-4-3-5-7-15;/h8-9,11-13,15-16H,2-7,10H2,1H3,(H2,20,21);1H. The minimum absolute atomic E-state index is 0. The molecule has 1 unspecified atom stereocenters. The van der Waals surface area contributed by atoms with Crippen LogP contribution in [-0.2, 0) is 16.0 Å². The molecular formula is C19H27ClN4O2. The van der Waals surface area contributed by atoms with Crippen LogP contribution in [0.3, 0.4) is 0 Å². The van der Waals surface area contributed by atoms with Crippen molar-refractivity contribution < 1.29 is 9.53 Å². The van der Waals surface area contributed by atoms with Crippen molar-refractivity contribution in [1.29, 1.82) is 0 Å². The predicted molar refractivity (Wildman–Crippen MR) is 103 cm³/mol. The molecule has 0 bridgehead atoms. The van der Waals surface area contributed by atoms with Crippen molar-refractivity contribution >= 4 is 24.2 Å². The lowest BCUT2D eigenvalue weighted by Gasteiger charge is -2.22. The number of hydrogen-bond donors (Lipinski definition) is 1. The maximum atomic E-state index is 12.5. The van der Waals surface area contributed by atoms with Crippen LogP contribution in [0.15, 0.2) is 30.9 Å². The molecule has 142 valence electrons. The van der Waals surface area contributed by atoms with Gasteiger partial charge in [0.1, 0.15) is 11.7 Å². The van der Waals surface area contributed by atoms with Crippen molar-refractivity contribution in [2.24, 2.45) is 0 Å². The Morgan fingerprint density at radius 3 is 2.73 bits per heavy atom. The number of pyridine rings is 1. The SMILES string of the molecule is CCOC(=O)C(Cc1ccc(N)nc1)c1cn(C2CCCCC2)cn1.Cl. The first-order valence-electron chi connectivity index (χ1n) is 9.07. The summed E-state index contributed by atoms with van der Waals surface area (Å²) in [5.41, 5.74) is 7.35. The summed E-state index contributed by atoms with van der Waals surface area (Å²) in [4.78, 5) is 21.1. The number of anilines is 1. The summed E-state index contributed by atoms with van der Waals surface area (Å²) < 4.78 is 7.44. The highest BCUT2D eigenvalue weighted by Crippen LogP contribution is 2.29. The molecule has 2 N–H and O–H groups in total. The van der Waals surface area contributed by atoms with Crippen molar-refractivity contribution in [3.63, 3.8) is 0 Å². The van der Waals surface area contributed by atoms with Gasteiger partial charge in [0.15, 0.2) is 0 Å². The number of nitrogens with zero attached hydrogens (tertiary/aromatic N) is 3. The topological polar surface area (TPSA) is 83.0 Å². The lowest BCUT2D eigenvalue weighted by atomic mass is 9.95. The first-order chi connectivity index (χ1) is 12.2. The number of imidazole rings is 1. The zero-order chi connectivity index (χ0) is 17.6.